The second-order valence-electron chi connectivity index (χ2n) is 4.13. The van der Waals surface area contributed by atoms with Crippen LogP contribution in [0.5, 0.6) is 17.2 Å². The zero-order chi connectivity index (χ0) is 14.3. The summed E-state index contributed by atoms with van der Waals surface area (Å²) in [6.45, 7) is 5.13. The van der Waals surface area contributed by atoms with Gasteiger partial charge in [0.05, 0.1) is 21.3 Å². The van der Waals surface area contributed by atoms with Crippen molar-refractivity contribution < 1.29 is 14.2 Å². The fourth-order valence-electron chi connectivity index (χ4n) is 1.89. The van der Waals surface area contributed by atoms with Gasteiger partial charge in [-0.3, -0.25) is 0 Å². The van der Waals surface area contributed by atoms with Gasteiger partial charge in [0.1, 0.15) is 0 Å². The SMILES string of the molecule is CCNC(C)/C=C/c1ccc(OC)c(OC)c1OC. The van der Waals surface area contributed by atoms with Crippen LogP contribution in [0.3, 0.4) is 0 Å². The van der Waals surface area contributed by atoms with Crippen LogP contribution in [0.1, 0.15) is 19.4 Å². The van der Waals surface area contributed by atoms with E-state index in [0.29, 0.717) is 23.3 Å². The number of methoxy groups -OCH3 is 3. The lowest BCUT2D eigenvalue weighted by atomic mass is 10.1. The molecule has 0 amide bonds. The van der Waals surface area contributed by atoms with Crippen LogP contribution in [-0.4, -0.2) is 33.9 Å². The maximum absolute atomic E-state index is 5.43. The largest absolute Gasteiger partial charge is 0.493 e. The van der Waals surface area contributed by atoms with Gasteiger partial charge in [0, 0.05) is 11.6 Å². The second-order valence-corrected chi connectivity index (χ2v) is 4.13. The Morgan fingerprint density at radius 2 is 1.79 bits per heavy atom. The summed E-state index contributed by atoms with van der Waals surface area (Å²) in [4.78, 5) is 0. The van der Waals surface area contributed by atoms with E-state index in [1.54, 1.807) is 21.3 Å². The Hall–Kier alpha value is -1.68. The molecule has 0 heterocycles. The third kappa shape index (κ3) is 3.89. The summed E-state index contributed by atoms with van der Waals surface area (Å²) in [5.41, 5.74) is 0.963. The van der Waals surface area contributed by atoms with Crippen molar-refractivity contribution in [3.8, 4) is 17.2 Å². The average Bonchev–Trinajstić information content (AvgIpc) is 2.43. The van der Waals surface area contributed by atoms with Crippen LogP contribution in [0.25, 0.3) is 6.08 Å². The minimum absolute atomic E-state index is 0.308. The Balaban J connectivity index is 3.07. The Morgan fingerprint density at radius 3 is 2.32 bits per heavy atom. The van der Waals surface area contributed by atoms with Gasteiger partial charge in [0.2, 0.25) is 5.75 Å². The minimum Gasteiger partial charge on any atom is -0.493 e. The predicted octanol–water partition coefficient (Wildman–Crippen LogP) is 2.72. The molecule has 1 aromatic carbocycles. The molecular weight excluding hydrogens is 242 g/mol. The summed E-state index contributed by atoms with van der Waals surface area (Å²) in [6, 6.07) is 4.14. The number of nitrogens with one attached hydrogen (secondary N) is 1. The highest BCUT2D eigenvalue weighted by molar-refractivity contribution is 5.66. The summed E-state index contributed by atoms with van der Waals surface area (Å²) in [7, 11) is 4.84. The van der Waals surface area contributed by atoms with Gasteiger partial charge in [-0.25, -0.2) is 0 Å². The molecule has 4 nitrogen and oxygen atoms in total. The summed E-state index contributed by atoms with van der Waals surface area (Å²) in [5.74, 6) is 1.96. The van der Waals surface area contributed by atoms with Crippen molar-refractivity contribution in [3.05, 3.63) is 23.8 Å². The number of hydrogen-bond acceptors (Lipinski definition) is 4. The van der Waals surface area contributed by atoms with E-state index in [-0.39, 0.29) is 0 Å². The number of rotatable bonds is 7. The van der Waals surface area contributed by atoms with Crippen LogP contribution in [0, 0.1) is 0 Å². The van der Waals surface area contributed by atoms with Crippen molar-refractivity contribution in [1.82, 2.24) is 5.32 Å². The molecule has 4 heteroatoms. The zero-order valence-electron chi connectivity index (χ0n) is 12.3. The smallest absolute Gasteiger partial charge is 0.203 e. The molecular formula is C15H23NO3. The summed E-state index contributed by atoms with van der Waals surface area (Å²) >= 11 is 0. The maximum Gasteiger partial charge on any atom is 0.203 e. The standard InChI is InChI=1S/C15H23NO3/c1-6-16-11(2)7-8-12-9-10-13(17-3)15(19-5)14(12)18-4/h7-11,16H,6H2,1-5H3/b8-7+. The fraction of sp³-hybridized carbons (Fsp3) is 0.467. The van der Waals surface area contributed by atoms with E-state index in [1.165, 1.54) is 0 Å². The second kappa shape index (κ2) is 7.69. The number of benzene rings is 1. The molecule has 1 rings (SSSR count). The third-order valence-corrected chi connectivity index (χ3v) is 2.83. The lowest BCUT2D eigenvalue weighted by Crippen LogP contribution is -2.22. The lowest BCUT2D eigenvalue weighted by Gasteiger charge is -2.14. The number of hydrogen-bond donors (Lipinski definition) is 1. The first kappa shape index (κ1) is 15.4. The molecule has 0 aliphatic heterocycles. The summed E-state index contributed by atoms with van der Waals surface area (Å²) < 4.78 is 16.0. The van der Waals surface area contributed by atoms with E-state index in [0.717, 1.165) is 12.1 Å². The van der Waals surface area contributed by atoms with Gasteiger partial charge < -0.3 is 19.5 Å². The molecule has 1 atom stereocenters. The molecule has 0 radical (unpaired) electrons. The van der Waals surface area contributed by atoms with Crippen molar-refractivity contribution in [2.45, 2.75) is 19.9 Å². The molecule has 106 valence electrons. The molecule has 0 saturated carbocycles. The fourth-order valence-corrected chi connectivity index (χ4v) is 1.89. The highest BCUT2D eigenvalue weighted by Crippen LogP contribution is 2.40. The van der Waals surface area contributed by atoms with Crippen LogP contribution in [0.15, 0.2) is 18.2 Å². The first-order chi connectivity index (χ1) is 9.17. The zero-order valence-corrected chi connectivity index (χ0v) is 12.3. The van der Waals surface area contributed by atoms with Gasteiger partial charge in [-0.1, -0.05) is 19.1 Å². The van der Waals surface area contributed by atoms with E-state index in [1.807, 2.05) is 18.2 Å². The highest BCUT2D eigenvalue weighted by Gasteiger charge is 2.14. The first-order valence-electron chi connectivity index (χ1n) is 6.38. The van der Waals surface area contributed by atoms with Crippen LogP contribution in [-0.2, 0) is 0 Å². The van der Waals surface area contributed by atoms with E-state index < -0.39 is 0 Å². The van der Waals surface area contributed by atoms with Gasteiger partial charge in [0.25, 0.3) is 0 Å². The maximum atomic E-state index is 5.43. The number of likely N-dealkylation sites (N-methyl/N-ethyl adjacent to an activating group) is 1. The Labute approximate surface area is 115 Å². The van der Waals surface area contributed by atoms with Gasteiger partial charge in [-0.2, -0.15) is 0 Å². The topological polar surface area (TPSA) is 39.7 Å². The molecule has 0 aliphatic carbocycles. The molecule has 1 unspecified atom stereocenters. The molecule has 0 spiro atoms. The Kier molecular flexibility index (Phi) is 6.22. The van der Waals surface area contributed by atoms with E-state index in [2.05, 4.69) is 25.2 Å². The molecule has 19 heavy (non-hydrogen) atoms. The lowest BCUT2D eigenvalue weighted by molar-refractivity contribution is 0.324. The van der Waals surface area contributed by atoms with E-state index in [4.69, 9.17) is 14.2 Å². The van der Waals surface area contributed by atoms with Crippen molar-refractivity contribution in [1.29, 1.82) is 0 Å². The summed E-state index contributed by atoms with van der Waals surface area (Å²) in [6.07, 6.45) is 4.11. The highest BCUT2D eigenvalue weighted by atomic mass is 16.5. The first-order valence-corrected chi connectivity index (χ1v) is 6.38. The number of ether oxygens (including phenoxy) is 3. The van der Waals surface area contributed by atoms with Crippen LogP contribution >= 0.6 is 0 Å². The molecule has 0 aliphatic rings. The Bertz CT molecular complexity index is 430. The van der Waals surface area contributed by atoms with Gasteiger partial charge in [0.15, 0.2) is 11.5 Å². The van der Waals surface area contributed by atoms with Gasteiger partial charge in [-0.15, -0.1) is 0 Å². The average molecular weight is 265 g/mol. The predicted molar refractivity (Wildman–Crippen MR) is 78.3 cm³/mol. The van der Waals surface area contributed by atoms with E-state index in [9.17, 15) is 0 Å². The van der Waals surface area contributed by atoms with Gasteiger partial charge >= 0.3 is 0 Å². The monoisotopic (exact) mass is 265 g/mol. The quantitative estimate of drug-likeness (QED) is 0.823. The molecule has 1 N–H and O–H groups in total. The Morgan fingerprint density at radius 1 is 1.11 bits per heavy atom. The van der Waals surface area contributed by atoms with Crippen LogP contribution in [0.4, 0.5) is 0 Å². The minimum atomic E-state index is 0.308. The van der Waals surface area contributed by atoms with E-state index >= 15 is 0 Å². The molecule has 0 saturated heterocycles. The normalized spacial score (nSPS) is 12.5. The summed E-state index contributed by atoms with van der Waals surface area (Å²) in [5, 5.41) is 3.32. The molecule has 0 aromatic heterocycles. The third-order valence-electron chi connectivity index (χ3n) is 2.83. The van der Waals surface area contributed by atoms with Gasteiger partial charge in [-0.05, 0) is 25.6 Å². The van der Waals surface area contributed by atoms with Crippen LogP contribution in [0.2, 0.25) is 0 Å². The molecule has 1 aromatic rings. The van der Waals surface area contributed by atoms with Crippen LogP contribution < -0.4 is 19.5 Å². The van der Waals surface area contributed by atoms with Crippen molar-refractivity contribution in [2.75, 3.05) is 27.9 Å². The van der Waals surface area contributed by atoms with Crippen molar-refractivity contribution >= 4 is 6.08 Å². The molecule has 0 fully saturated rings. The molecule has 0 bridgehead atoms. The van der Waals surface area contributed by atoms with Crippen molar-refractivity contribution in [3.63, 3.8) is 0 Å². The van der Waals surface area contributed by atoms with Crippen molar-refractivity contribution in [2.24, 2.45) is 0 Å².